The second-order valence-corrected chi connectivity index (χ2v) is 5.19. The molecule has 2 rings (SSSR count). The molecule has 0 aliphatic rings. The number of hydrogen-bond acceptors (Lipinski definition) is 3. The topological polar surface area (TPSA) is 29.5 Å². The van der Waals surface area contributed by atoms with E-state index in [-0.39, 0.29) is 5.75 Å². The van der Waals surface area contributed by atoms with Gasteiger partial charge in [-0.1, -0.05) is 0 Å². The minimum Gasteiger partial charge on any atom is -0.508 e. The average molecular weight is 273 g/mol. The van der Waals surface area contributed by atoms with Gasteiger partial charge in [0.05, 0.1) is 6.61 Å². The van der Waals surface area contributed by atoms with Gasteiger partial charge in [0.25, 0.3) is 0 Å². The molecule has 4 heteroatoms. The number of phenolic OH excluding ortho intramolecular Hbond substituents is 1. The highest BCUT2D eigenvalue weighted by Crippen LogP contribution is 2.42. The number of phenols is 1. The molecule has 2 nitrogen and oxygen atoms in total. The van der Waals surface area contributed by atoms with E-state index in [1.807, 2.05) is 13.0 Å². The highest BCUT2D eigenvalue weighted by molar-refractivity contribution is 9.11. The molecule has 0 fully saturated rings. The molecule has 0 amide bonds. The minimum absolute atomic E-state index is 0.267. The van der Waals surface area contributed by atoms with E-state index in [0.29, 0.717) is 6.61 Å². The summed E-state index contributed by atoms with van der Waals surface area (Å²) in [6, 6.07) is 5.30. The van der Waals surface area contributed by atoms with Gasteiger partial charge >= 0.3 is 0 Å². The van der Waals surface area contributed by atoms with Gasteiger partial charge in [-0.25, -0.2) is 0 Å². The SMILES string of the molecule is CCOc1c(Br)sc2ccc(O)cc12. The second kappa shape index (κ2) is 3.79. The van der Waals surface area contributed by atoms with Crippen LogP contribution in [0.15, 0.2) is 22.0 Å². The van der Waals surface area contributed by atoms with Gasteiger partial charge in [0, 0.05) is 10.1 Å². The normalized spacial score (nSPS) is 10.7. The van der Waals surface area contributed by atoms with Crippen molar-refractivity contribution in [3.05, 3.63) is 22.0 Å². The molecule has 2 aromatic rings. The van der Waals surface area contributed by atoms with E-state index in [1.54, 1.807) is 23.5 Å². The van der Waals surface area contributed by atoms with Crippen LogP contribution in [0.3, 0.4) is 0 Å². The zero-order valence-electron chi connectivity index (χ0n) is 7.58. The molecular formula is C10H9BrO2S. The lowest BCUT2D eigenvalue weighted by atomic mass is 10.2. The summed E-state index contributed by atoms with van der Waals surface area (Å²) in [7, 11) is 0. The van der Waals surface area contributed by atoms with Gasteiger partial charge in [0.15, 0.2) is 5.75 Å². The standard InChI is InChI=1S/C10H9BrO2S/c1-2-13-9-7-5-6(12)3-4-8(7)14-10(9)11/h3-5,12H,2H2,1H3. The summed E-state index contributed by atoms with van der Waals surface area (Å²) in [6.45, 7) is 2.57. The van der Waals surface area contributed by atoms with Crippen LogP contribution >= 0.6 is 27.3 Å². The van der Waals surface area contributed by atoms with Crippen molar-refractivity contribution in [2.75, 3.05) is 6.61 Å². The van der Waals surface area contributed by atoms with Crippen LogP contribution in [0.5, 0.6) is 11.5 Å². The lowest BCUT2D eigenvalue weighted by molar-refractivity contribution is 0.343. The molecule has 74 valence electrons. The van der Waals surface area contributed by atoms with Crippen molar-refractivity contribution in [1.82, 2.24) is 0 Å². The third-order valence-electron chi connectivity index (χ3n) is 1.87. The van der Waals surface area contributed by atoms with Crippen molar-refractivity contribution in [3.8, 4) is 11.5 Å². The maximum Gasteiger partial charge on any atom is 0.152 e. The molecule has 0 aliphatic carbocycles. The average Bonchev–Trinajstić information content (AvgIpc) is 2.45. The third kappa shape index (κ3) is 1.60. The lowest BCUT2D eigenvalue weighted by Crippen LogP contribution is -1.90. The van der Waals surface area contributed by atoms with Crippen molar-refractivity contribution in [3.63, 3.8) is 0 Å². The second-order valence-electron chi connectivity index (χ2n) is 2.82. The van der Waals surface area contributed by atoms with Crippen LogP contribution in [-0.4, -0.2) is 11.7 Å². The number of rotatable bonds is 2. The zero-order valence-corrected chi connectivity index (χ0v) is 9.98. The van der Waals surface area contributed by atoms with Crippen LogP contribution in [0, 0.1) is 0 Å². The van der Waals surface area contributed by atoms with Crippen LogP contribution in [0.25, 0.3) is 10.1 Å². The quantitative estimate of drug-likeness (QED) is 0.902. The first-order valence-electron chi connectivity index (χ1n) is 4.26. The summed E-state index contributed by atoms with van der Waals surface area (Å²) in [4.78, 5) is 0. The molecule has 1 heterocycles. The molecule has 0 aliphatic heterocycles. The highest BCUT2D eigenvalue weighted by atomic mass is 79.9. The zero-order chi connectivity index (χ0) is 10.1. The number of aromatic hydroxyl groups is 1. The van der Waals surface area contributed by atoms with Gasteiger partial charge in [-0.3, -0.25) is 0 Å². The van der Waals surface area contributed by atoms with E-state index in [0.717, 1.165) is 19.6 Å². The number of ether oxygens (including phenoxy) is 1. The Balaban J connectivity index is 2.66. The Morgan fingerprint density at radius 3 is 3.00 bits per heavy atom. The van der Waals surface area contributed by atoms with E-state index in [1.165, 1.54) is 0 Å². The molecule has 1 aromatic carbocycles. The van der Waals surface area contributed by atoms with Crippen LogP contribution in [0.2, 0.25) is 0 Å². The molecule has 0 spiro atoms. The number of halogens is 1. The predicted octanol–water partition coefficient (Wildman–Crippen LogP) is 3.77. The Morgan fingerprint density at radius 2 is 2.29 bits per heavy atom. The molecule has 14 heavy (non-hydrogen) atoms. The molecule has 0 saturated carbocycles. The Hall–Kier alpha value is -0.740. The fourth-order valence-corrected chi connectivity index (χ4v) is 3.02. The van der Waals surface area contributed by atoms with Gasteiger partial charge in [0.1, 0.15) is 9.54 Å². The Kier molecular flexibility index (Phi) is 2.65. The molecule has 0 unspecified atom stereocenters. The Bertz CT molecular complexity index is 464. The van der Waals surface area contributed by atoms with Crippen LogP contribution < -0.4 is 4.74 Å². The van der Waals surface area contributed by atoms with Crippen LogP contribution in [-0.2, 0) is 0 Å². The van der Waals surface area contributed by atoms with Crippen molar-refractivity contribution in [2.45, 2.75) is 6.92 Å². The molecule has 0 radical (unpaired) electrons. The van der Waals surface area contributed by atoms with E-state index in [9.17, 15) is 5.11 Å². The fourth-order valence-electron chi connectivity index (χ4n) is 1.31. The number of benzene rings is 1. The monoisotopic (exact) mass is 272 g/mol. The van der Waals surface area contributed by atoms with E-state index in [4.69, 9.17) is 4.74 Å². The number of fused-ring (bicyclic) bond motifs is 1. The summed E-state index contributed by atoms with van der Waals surface area (Å²) in [6.07, 6.45) is 0. The van der Waals surface area contributed by atoms with Crippen LogP contribution in [0.1, 0.15) is 6.92 Å². The van der Waals surface area contributed by atoms with Gasteiger partial charge in [-0.05, 0) is 41.1 Å². The summed E-state index contributed by atoms with van der Waals surface area (Å²) in [5.74, 6) is 1.09. The van der Waals surface area contributed by atoms with Gasteiger partial charge in [-0.15, -0.1) is 11.3 Å². The minimum atomic E-state index is 0.267. The third-order valence-corrected chi connectivity index (χ3v) is 3.66. The molecule has 0 bridgehead atoms. The highest BCUT2D eigenvalue weighted by Gasteiger charge is 2.11. The summed E-state index contributed by atoms with van der Waals surface area (Å²) < 4.78 is 7.58. The van der Waals surface area contributed by atoms with Crippen molar-refractivity contribution in [1.29, 1.82) is 0 Å². The maximum atomic E-state index is 9.37. The maximum absolute atomic E-state index is 9.37. The van der Waals surface area contributed by atoms with E-state index in [2.05, 4.69) is 15.9 Å². The molecule has 0 atom stereocenters. The first-order valence-corrected chi connectivity index (χ1v) is 5.87. The Morgan fingerprint density at radius 1 is 1.50 bits per heavy atom. The Labute approximate surface area is 94.3 Å². The predicted molar refractivity (Wildman–Crippen MR) is 62.4 cm³/mol. The first-order chi connectivity index (χ1) is 6.72. The molecular weight excluding hydrogens is 264 g/mol. The largest absolute Gasteiger partial charge is 0.508 e. The van der Waals surface area contributed by atoms with Gasteiger partial charge in [-0.2, -0.15) is 0 Å². The number of thiophene rings is 1. The molecule has 0 saturated heterocycles. The van der Waals surface area contributed by atoms with Gasteiger partial charge < -0.3 is 9.84 Å². The van der Waals surface area contributed by atoms with Crippen molar-refractivity contribution >= 4 is 37.4 Å². The lowest BCUT2D eigenvalue weighted by Gasteiger charge is -2.01. The van der Waals surface area contributed by atoms with Crippen molar-refractivity contribution < 1.29 is 9.84 Å². The van der Waals surface area contributed by atoms with Crippen LogP contribution in [0.4, 0.5) is 0 Å². The fraction of sp³-hybridized carbons (Fsp3) is 0.200. The molecule has 1 aromatic heterocycles. The number of hydrogen-bond donors (Lipinski definition) is 1. The van der Waals surface area contributed by atoms with Gasteiger partial charge in [0.2, 0.25) is 0 Å². The smallest absolute Gasteiger partial charge is 0.152 e. The summed E-state index contributed by atoms with van der Waals surface area (Å²) in [5, 5.41) is 10.3. The first kappa shape index (κ1) is 9.80. The molecule has 1 N–H and O–H groups in total. The van der Waals surface area contributed by atoms with Crippen molar-refractivity contribution in [2.24, 2.45) is 0 Å². The summed E-state index contributed by atoms with van der Waals surface area (Å²) >= 11 is 5.05. The van der Waals surface area contributed by atoms with E-state index < -0.39 is 0 Å². The summed E-state index contributed by atoms with van der Waals surface area (Å²) in [5.41, 5.74) is 0. The van der Waals surface area contributed by atoms with E-state index >= 15 is 0 Å².